The summed E-state index contributed by atoms with van der Waals surface area (Å²) in [6.07, 6.45) is 1.02. The molecule has 34 heavy (non-hydrogen) atoms. The zero-order chi connectivity index (χ0) is 24.3. The van der Waals surface area contributed by atoms with E-state index in [1.54, 1.807) is 4.90 Å². The maximum atomic E-state index is 12.7. The van der Waals surface area contributed by atoms with Gasteiger partial charge in [-0.25, -0.2) is 4.79 Å². The number of piperidine rings is 1. The molecule has 1 aliphatic heterocycles. The number of aliphatic carboxylic acids is 1. The van der Waals surface area contributed by atoms with Crippen molar-refractivity contribution in [2.45, 2.75) is 39.0 Å². The first-order chi connectivity index (χ1) is 16.2. The molecule has 0 radical (unpaired) electrons. The Bertz CT molecular complexity index is 1030. The first kappa shape index (κ1) is 23.8. The lowest BCUT2D eigenvalue weighted by Gasteiger charge is -2.33. The van der Waals surface area contributed by atoms with Gasteiger partial charge in [-0.1, -0.05) is 62.4 Å². The van der Waals surface area contributed by atoms with Gasteiger partial charge >= 0.3 is 12.1 Å². The summed E-state index contributed by atoms with van der Waals surface area (Å²) in [5.41, 5.74) is 4.18. The number of likely N-dealkylation sites (tertiary alicyclic amines) is 1. The number of carboxylic acid groups (broad SMARTS) is 1. The lowest BCUT2D eigenvalue weighted by atomic mass is 9.88. The predicted molar refractivity (Wildman–Crippen MR) is 128 cm³/mol. The van der Waals surface area contributed by atoms with E-state index < -0.39 is 23.4 Å². The van der Waals surface area contributed by atoms with E-state index in [1.165, 1.54) is 11.1 Å². The molecule has 1 atom stereocenters. The summed E-state index contributed by atoms with van der Waals surface area (Å²) in [6.45, 7) is 5.18. The third-order valence-corrected chi connectivity index (χ3v) is 6.81. The summed E-state index contributed by atoms with van der Waals surface area (Å²) < 4.78 is 5.59. The average molecular weight is 465 g/mol. The molecule has 4 rings (SSSR count). The number of alkyl carbamates (subject to hydrolysis) is 1. The van der Waals surface area contributed by atoms with Gasteiger partial charge in [0, 0.05) is 32.0 Å². The number of ether oxygens (including phenoxy) is 1. The Morgan fingerprint density at radius 3 is 2.29 bits per heavy atom. The smallest absolute Gasteiger partial charge is 0.407 e. The van der Waals surface area contributed by atoms with E-state index in [0.29, 0.717) is 19.4 Å². The van der Waals surface area contributed by atoms with Crippen molar-refractivity contribution in [3.63, 3.8) is 0 Å². The van der Waals surface area contributed by atoms with Crippen LogP contribution in [0.5, 0.6) is 0 Å². The summed E-state index contributed by atoms with van der Waals surface area (Å²) in [5.74, 6) is -1.44. The van der Waals surface area contributed by atoms with Crippen molar-refractivity contribution in [1.29, 1.82) is 0 Å². The normalized spacial score (nSPS) is 17.6. The number of carboxylic acids is 1. The van der Waals surface area contributed by atoms with Gasteiger partial charge < -0.3 is 20.1 Å². The Morgan fingerprint density at radius 1 is 1.06 bits per heavy atom. The second-order valence-electron chi connectivity index (χ2n) is 10.0. The highest BCUT2D eigenvalue weighted by Gasteiger charge is 2.32. The topological polar surface area (TPSA) is 95.9 Å². The van der Waals surface area contributed by atoms with Crippen LogP contribution >= 0.6 is 0 Å². The number of rotatable bonds is 7. The molecule has 1 aliphatic carbocycles. The van der Waals surface area contributed by atoms with Crippen LogP contribution in [-0.4, -0.2) is 54.2 Å². The van der Waals surface area contributed by atoms with Crippen molar-refractivity contribution in [2.24, 2.45) is 11.3 Å². The highest BCUT2D eigenvalue weighted by molar-refractivity contribution is 5.80. The second kappa shape index (κ2) is 9.87. The second-order valence-corrected chi connectivity index (χ2v) is 10.0. The van der Waals surface area contributed by atoms with Gasteiger partial charge in [0.05, 0.1) is 5.92 Å². The standard InChI is InChI=1S/C27H32N2O5/c1-27(2,14-24(30)29-13-7-8-18(15-29)25(31)32)17-28-26(33)34-16-23-21-11-5-3-9-19(21)20-10-4-6-12-22(20)23/h3-6,9-12,18,23H,7-8,13-17H2,1-2H3,(H,28,33)(H,31,32)/t18-/m1/s1. The van der Waals surface area contributed by atoms with Crippen LogP contribution in [-0.2, 0) is 14.3 Å². The summed E-state index contributed by atoms with van der Waals surface area (Å²) >= 11 is 0. The number of nitrogens with one attached hydrogen (secondary N) is 1. The van der Waals surface area contributed by atoms with Crippen LogP contribution in [0.15, 0.2) is 48.5 Å². The van der Waals surface area contributed by atoms with Crippen LogP contribution in [0, 0.1) is 11.3 Å². The molecule has 2 aliphatic rings. The molecular weight excluding hydrogens is 432 g/mol. The average Bonchev–Trinajstić information content (AvgIpc) is 3.15. The molecule has 7 heteroatoms. The zero-order valence-electron chi connectivity index (χ0n) is 19.8. The van der Waals surface area contributed by atoms with Crippen molar-refractivity contribution in [3.8, 4) is 11.1 Å². The summed E-state index contributed by atoms with van der Waals surface area (Å²) in [5, 5.41) is 12.1. The van der Waals surface area contributed by atoms with E-state index in [2.05, 4.69) is 29.6 Å². The molecule has 0 saturated carbocycles. The van der Waals surface area contributed by atoms with E-state index in [9.17, 15) is 19.5 Å². The minimum Gasteiger partial charge on any atom is -0.481 e. The van der Waals surface area contributed by atoms with Crippen molar-refractivity contribution in [2.75, 3.05) is 26.2 Å². The molecule has 2 N–H and O–H groups in total. The molecule has 2 aromatic carbocycles. The number of carbonyl (C=O) groups is 3. The Balaban J connectivity index is 1.28. The number of nitrogens with zero attached hydrogens (tertiary/aromatic N) is 1. The van der Waals surface area contributed by atoms with Gasteiger partial charge in [-0.15, -0.1) is 0 Å². The maximum Gasteiger partial charge on any atom is 0.407 e. The maximum absolute atomic E-state index is 12.7. The van der Waals surface area contributed by atoms with Gasteiger partial charge in [-0.3, -0.25) is 9.59 Å². The molecule has 0 spiro atoms. The van der Waals surface area contributed by atoms with Crippen LogP contribution in [0.3, 0.4) is 0 Å². The molecule has 1 heterocycles. The number of hydrogen-bond donors (Lipinski definition) is 2. The van der Waals surface area contributed by atoms with Crippen LogP contribution in [0.25, 0.3) is 11.1 Å². The molecular formula is C27H32N2O5. The van der Waals surface area contributed by atoms with Gasteiger partial charge in [-0.05, 0) is 40.5 Å². The van der Waals surface area contributed by atoms with Crippen molar-refractivity contribution in [1.82, 2.24) is 10.2 Å². The predicted octanol–water partition coefficient (Wildman–Crippen LogP) is 4.26. The molecule has 0 bridgehead atoms. The monoisotopic (exact) mass is 464 g/mol. The van der Waals surface area contributed by atoms with Crippen LogP contribution in [0.1, 0.15) is 50.2 Å². The van der Waals surface area contributed by atoms with E-state index in [1.807, 2.05) is 38.1 Å². The summed E-state index contributed by atoms with van der Waals surface area (Å²) in [6, 6.07) is 16.4. The Kier molecular flexibility index (Phi) is 6.91. The Hall–Kier alpha value is -3.35. The quantitative estimate of drug-likeness (QED) is 0.638. The van der Waals surface area contributed by atoms with Crippen molar-refractivity contribution in [3.05, 3.63) is 59.7 Å². The third-order valence-electron chi connectivity index (χ3n) is 6.81. The molecule has 2 amide bonds. The first-order valence-electron chi connectivity index (χ1n) is 11.8. The lowest BCUT2D eigenvalue weighted by Crippen LogP contribution is -2.45. The fourth-order valence-electron chi connectivity index (χ4n) is 4.95. The van der Waals surface area contributed by atoms with E-state index in [4.69, 9.17) is 4.74 Å². The van der Waals surface area contributed by atoms with E-state index >= 15 is 0 Å². The van der Waals surface area contributed by atoms with E-state index in [-0.39, 0.29) is 37.9 Å². The molecule has 0 aromatic heterocycles. The largest absolute Gasteiger partial charge is 0.481 e. The van der Waals surface area contributed by atoms with Crippen molar-refractivity contribution < 1.29 is 24.2 Å². The molecule has 2 aromatic rings. The molecule has 180 valence electrons. The minimum atomic E-state index is -0.853. The fraction of sp³-hybridized carbons (Fsp3) is 0.444. The SMILES string of the molecule is CC(C)(CNC(=O)OCC1c2ccccc2-c2ccccc21)CC(=O)N1CCC[C@@H](C(=O)O)C1. The minimum absolute atomic E-state index is 0.00554. The zero-order valence-corrected chi connectivity index (χ0v) is 19.8. The van der Waals surface area contributed by atoms with Crippen LogP contribution in [0.4, 0.5) is 4.79 Å². The number of benzene rings is 2. The van der Waals surface area contributed by atoms with Gasteiger partial charge in [0.15, 0.2) is 0 Å². The van der Waals surface area contributed by atoms with Gasteiger partial charge in [0.2, 0.25) is 5.91 Å². The van der Waals surface area contributed by atoms with Crippen molar-refractivity contribution >= 4 is 18.0 Å². The van der Waals surface area contributed by atoms with Crippen LogP contribution < -0.4 is 5.32 Å². The Morgan fingerprint density at radius 2 is 1.68 bits per heavy atom. The summed E-state index contributed by atoms with van der Waals surface area (Å²) in [4.78, 5) is 38.1. The molecule has 1 saturated heterocycles. The number of carbonyl (C=O) groups excluding carboxylic acids is 2. The molecule has 7 nitrogen and oxygen atoms in total. The lowest BCUT2D eigenvalue weighted by molar-refractivity contribution is -0.146. The third kappa shape index (κ3) is 5.24. The van der Waals surface area contributed by atoms with Gasteiger partial charge in [-0.2, -0.15) is 0 Å². The van der Waals surface area contributed by atoms with Gasteiger partial charge in [0.25, 0.3) is 0 Å². The highest BCUT2D eigenvalue weighted by Crippen LogP contribution is 2.44. The molecule has 0 unspecified atom stereocenters. The molecule has 1 fully saturated rings. The number of fused-ring (bicyclic) bond motifs is 3. The van der Waals surface area contributed by atoms with Crippen LogP contribution in [0.2, 0.25) is 0 Å². The van der Waals surface area contributed by atoms with E-state index in [0.717, 1.165) is 11.1 Å². The van der Waals surface area contributed by atoms with Gasteiger partial charge in [0.1, 0.15) is 6.61 Å². The number of amides is 2. The Labute approximate surface area is 200 Å². The fourth-order valence-corrected chi connectivity index (χ4v) is 4.95. The highest BCUT2D eigenvalue weighted by atomic mass is 16.5. The summed E-state index contributed by atoms with van der Waals surface area (Å²) in [7, 11) is 0. The number of hydrogen-bond acceptors (Lipinski definition) is 4. The first-order valence-corrected chi connectivity index (χ1v) is 11.8.